The molecule has 0 bridgehead atoms. The molecule has 0 aliphatic carbocycles. The SMILES string of the molecule is Cc1ccccc1N=Cc1ccc(C=Nc2ccccc2C)o1.[I][Fe][I]. The molecule has 0 N–H and O–H groups in total. The van der Waals surface area contributed by atoms with Crippen LogP contribution in [-0.4, -0.2) is 12.4 Å². The number of hydrogen-bond donors (Lipinski definition) is 0. The number of aryl methyl sites for hydroxylation is 2. The molecule has 1 aromatic heterocycles. The van der Waals surface area contributed by atoms with Crippen LogP contribution < -0.4 is 0 Å². The van der Waals surface area contributed by atoms with Crippen molar-refractivity contribution >= 4 is 64.5 Å². The van der Waals surface area contributed by atoms with E-state index >= 15 is 0 Å². The summed E-state index contributed by atoms with van der Waals surface area (Å²) in [6.45, 7) is 4.07. The Morgan fingerprint density at radius 1 is 0.731 bits per heavy atom. The van der Waals surface area contributed by atoms with Crippen molar-refractivity contribution in [2.45, 2.75) is 13.8 Å². The molecule has 0 radical (unpaired) electrons. The summed E-state index contributed by atoms with van der Waals surface area (Å²) in [5, 5.41) is 0. The Hall–Kier alpha value is -0.961. The maximum absolute atomic E-state index is 5.71. The van der Waals surface area contributed by atoms with Crippen LogP contribution >= 0.6 is 40.7 Å². The second kappa shape index (κ2) is 11.7. The minimum absolute atomic E-state index is 0.708. The minimum atomic E-state index is 0.708. The van der Waals surface area contributed by atoms with Gasteiger partial charge < -0.3 is 4.42 Å². The quantitative estimate of drug-likeness (QED) is 0.175. The summed E-state index contributed by atoms with van der Waals surface area (Å²) < 4.78 is 5.71. The van der Waals surface area contributed by atoms with Gasteiger partial charge in [0.25, 0.3) is 0 Å². The topological polar surface area (TPSA) is 37.9 Å². The second-order valence-corrected chi connectivity index (χ2v) is 14.7. The molecule has 0 fully saturated rings. The summed E-state index contributed by atoms with van der Waals surface area (Å²) in [7, 11) is 1.19. The first kappa shape index (κ1) is 21.3. The van der Waals surface area contributed by atoms with Gasteiger partial charge in [0.05, 0.1) is 23.8 Å². The Morgan fingerprint density at radius 3 is 1.50 bits per heavy atom. The molecule has 0 amide bonds. The first-order valence-electron chi connectivity index (χ1n) is 7.78. The van der Waals surface area contributed by atoms with Gasteiger partial charge in [-0.1, -0.05) is 36.4 Å². The predicted molar refractivity (Wildman–Crippen MR) is 124 cm³/mol. The van der Waals surface area contributed by atoms with Gasteiger partial charge in [-0.3, -0.25) is 9.98 Å². The maximum atomic E-state index is 5.71. The molecule has 0 atom stereocenters. The second-order valence-electron chi connectivity index (χ2n) is 5.38. The van der Waals surface area contributed by atoms with Gasteiger partial charge in [0.15, 0.2) is 0 Å². The van der Waals surface area contributed by atoms with Crippen LogP contribution in [-0.2, 0) is 8.46 Å². The van der Waals surface area contributed by atoms with Crippen LogP contribution in [0.1, 0.15) is 22.6 Å². The van der Waals surface area contributed by atoms with E-state index in [0.29, 0.717) is 11.5 Å². The monoisotopic (exact) mass is 612 g/mol. The molecule has 0 unspecified atom stereocenters. The molecular weight excluding hydrogens is 594 g/mol. The zero-order valence-electron chi connectivity index (χ0n) is 14.3. The third-order valence-electron chi connectivity index (χ3n) is 3.54. The van der Waals surface area contributed by atoms with Crippen molar-refractivity contribution in [3.63, 3.8) is 0 Å². The zero-order chi connectivity index (χ0) is 18.8. The summed E-state index contributed by atoms with van der Waals surface area (Å²) in [6.07, 6.45) is 3.46. The van der Waals surface area contributed by atoms with Gasteiger partial charge in [0.2, 0.25) is 0 Å². The van der Waals surface area contributed by atoms with E-state index in [1.165, 1.54) is 8.46 Å². The van der Waals surface area contributed by atoms with Crippen molar-refractivity contribution in [2.75, 3.05) is 0 Å². The molecule has 3 aromatic rings. The first-order valence-corrected chi connectivity index (χ1v) is 14.9. The number of benzene rings is 2. The fraction of sp³-hybridized carbons (Fsp3) is 0.100. The molecule has 2 aromatic carbocycles. The number of hydrogen-bond acceptors (Lipinski definition) is 3. The van der Waals surface area contributed by atoms with Crippen molar-refractivity contribution in [3.8, 4) is 0 Å². The van der Waals surface area contributed by atoms with E-state index in [1.807, 2.05) is 74.5 Å². The molecule has 6 heteroatoms. The summed E-state index contributed by atoms with van der Waals surface area (Å²) in [4.78, 5) is 8.92. The van der Waals surface area contributed by atoms with Crippen LogP contribution in [0.3, 0.4) is 0 Å². The van der Waals surface area contributed by atoms with Gasteiger partial charge >= 0.3 is 49.1 Å². The van der Waals surface area contributed by atoms with E-state index in [4.69, 9.17) is 4.42 Å². The fourth-order valence-corrected chi connectivity index (χ4v) is 2.19. The number of para-hydroxylation sites is 2. The Bertz CT molecular complexity index is 821. The normalized spacial score (nSPS) is 11.1. The van der Waals surface area contributed by atoms with E-state index < -0.39 is 0 Å². The summed E-state index contributed by atoms with van der Waals surface area (Å²) in [5.74, 6) is 1.42. The van der Waals surface area contributed by atoms with Gasteiger partial charge in [-0.2, -0.15) is 0 Å². The molecule has 3 nitrogen and oxygen atoms in total. The van der Waals surface area contributed by atoms with Crippen molar-refractivity contribution in [1.82, 2.24) is 0 Å². The van der Waals surface area contributed by atoms with E-state index in [9.17, 15) is 0 Å². The van der Waals surface area contributed by atoms with Gasteiger partial charge in [0.1, 0.15) is 11.5 Å². The average Bonchev–Trinajstić information content (AvgIpc) is 3.09. The molecule has 136 valence electrons. The van der Waals surface area contributed by atoms with Crippen LogP contribution in [0, 0.1) is 13.8 Å². The predicted octanol–water partition coefficient (Wildman–Crippen LogP) is 7.17. The molecule has 0 saturated carbocycles. The molecule has 0 aliphatic heterocycles. The molecule has 0 aliphatic rings. The number of aliphatic imine (C=N–C) groups is 2. The van der Waals surface area contributed by atoms with E-state index in [2.05, 4.69) is 50.7 Å². The Morgan fingerprint density at radius 2 is 1.12 bits per heavy atom. The zero-order valence-corrected chi connectivity index (χ0v) is 19.8. The summed E-state index contributed by atoms with van der Waals surface area (Å²) >= 11 is 4.55. The third kappa shape index (κ3) is 6.98. The van der Waals surface area contributed by atoms with Gasteiger partial charge in [-0.25, -0.2) is 0 Å². The molecule has 26 heavy (non-hydrogen) atoms. The van der Waals surface area contributed by atoms with Gasteiger partial charge in [-0.15, -0.1) is 0 Å². The van der Waals surface area contributed by atoms with Crippen molar-refractivity contribution in [2.24, 2.45) is 9.98 Å². The molecule has 3 rings (SSSR count). The number of nitrogens with zero attached hydrogens (tertiary/aromatic N) is 2. The Balaban J connectivity index is 0.000000758. The van der Waals surface area contributed by atoms with E-state index in [1.54, 1.807) is 12.4 Å². The number of rotatable bonds is 4. The summed E-state index contributed by atoms with van der Waals surface area (Å²) in [5.41, 5.74) is 4.16. The molecule has 1 heterocycles. The van der Waals surface area contributed by atoms with Crippen LogP contribution in [0.4, 0.5) is 11.4 Å². The number of furan rings is 1. The van der Waals surface area contributed by atoms with Crippen LogP contribution in [0.2, 0.25) is 0 Å². The first-order chi connectivity index (χ1) is 12.6. The Labute approximate surface area is 183 Å². The van der Waals surface area contributed by atoms with Crippen LogP contribution in [0.25, 0.3) is 0 Å². The third-order valence-corrected chi connectivity index (χ3v) is 3.54. The van der Waals surface area contributed by atoms with E-state index in [-0.39, 0.29) is 0 Å². The van der Waals surface area contributed by atoms with Crippen molar-refractivity contribution in [3.05, 3.63) is 83.3 Å². The molecule has 0 saturated heterocycles. The van der Waals surface area contributed by atoms with Crippen molar-refractivity contribution < 1.29 is 12.9 Å². The Kier molecular flexibility index (Phi) is 9.59. The van der Waals surface area contributed by atoms with Crippen LogP contribution in [0.15, 0.2) is 75.1 Å². The van der Waals surface area contributed by atoms with Crippen LogP contribution in [0.5, 0.6) is 0 Å². The average molecular weight is 612 g/mol. The standard InChI is InChI=1S/C20H18N2O.Fe.2HI/c1-15-7-3-5-9-19(15)21-13-17-11-12-18(23-17)14-22-20-10-6-4-8-16(20)2;;;/h3-14H,1-2H3;;2*1H/q;+2;;/p-2. The molecular formula is C20H18FeI2N2O. The molecule has 0 spiro atoms. The number of halogens is 2. The van der Waals surface area contributed by atoms with Gasteiger partial charge in [0, 0.05) is 0 Å². The fourth-order valence-electron chi connectivity index (χ4n) is 2.19. The van der Waals surface area contributed by atoms with Crippen molar-refractivity contribution in [1.29, 1.82) is 0 Å². The van der Waals surface area contributed by atoms with E-state index in [0.717, 1.165) is 22.5 Å². The van der Waals surface area contributed by atoms with Gasteiger partial charge in [-0.05, 0) is 49.2 Å². The summed E-state index contributed by atoms with van der Waals surface area (Å²) in [6, 6.07) is 19.8.